The highest BCUT2D eigenvalue weighted by molar-refractivity contribution is 5.29. The maximum atomic E-state index is 11.3. The van der Waals surface area contributed by atoms with Crippen molar-refractivity contribution in [1.82, 2.24) is 9.97 Å². The van der Waals surface area contributed by atoms with Gasteiger partial charge in [0, 0.05) is 18.9 Å². The number of aromatic nitrogens is 2. The number of hydrogen-bond acceptors (Lipinski definition) is 3. The lowest BCUT2D eigenvalue weighted by Crippen LogP contribution is -2.15. The first kappa shape index (κ1) is 13.7. The Morgan fingerprint density at radius 2 is 2.06 bits per heavy atom. The third kappa shape index (κ3) is 6.09. The number of H-pyrrole nitrogens is 1. The van der Waals surface area contributed by atoms with Crippen LogP contribution in [0.5, 0.6) is 0 Å². The first-order chi connectivity index (χ1) is 8.20. The van der Waals surface area contributed by atoms with Crippen molar-refractivity contribution in [2.75, 3.05) is 11.9 Å². The van der Waals surface area contributed by atoms with Crippen LogP contribution in [0.2, 0.25) is 0 Å². The van der Waals surface area contributed by atoms with Crippen LogP contribution in [-0.2, 0) is 0 Å². The van der Waals surface area contributed by atoms with Crippen LogP contribution in [0.1, 0.15) is 46.0 Å². The van der Waals surface area contributed by atoms with Gasteiger partial charge in [0.1, 0.15) is 0 Å². The third-order valence-corrected chi connectivity index (χ3v) is 2.71. The number of anilines is 1. The maximum absolute atomic E-state index is 11.3. The smallest absolute Gasteiger partial charge is 0.290 e. The zero-order valence-electron chi connectivity index (χ0n) is 10.8. The van der Waals surface area contributed by atoms with Crippen LogP contribution in [0.15, 0.2) is 17.2 Å². The molecular weight excluding hydrogens is 214 g/mol. The van der Waals surface area contributed by atoms with Gasteiger partial charge in [-0.25, -0.2) is 4.98 Å². The predicted molar refractivity (Wildman–Crippen MR) is 71.3 cm³/mol. The Labute approximate surface area is 103 Å². The molecule has 0 fully saturated rings. The van der Waals surface area contributed by atoms with E-state index in [2.05, 4.69) is 29.1 Å². The topological polar surface area (TPSA) is 57.8 Å². The molecule has 0 bridgehead atoms. The first-order valence-corrected chi connectivity index (χ1v) is 6.47. The Kier molecular flexibility index (Phi) is 6.37. The second kappa shape index (κ2) is 7.87. The minimum Gasteiger partial charge on any atom is -0.365 e. The Hall–Kier alpha value is -1.32. The first-order valence-electron chi connectivity index (χ1n) is 6.47. The molecule has 4 nitrogen and oxygen atoms in total. The summed E-state index contributed by atoms with van der Waals surface area (Å²) in [5, 5.41) is 3.06. The van der Waals surface area contributed by atoms with Crippen molar-refractivity contribution in [2.45, 2.75) is 46.0 Å². The zero-order chi connectivity index (χ0) is 12.5. The van der Waals surface area contributed by atoms with Crippen LogP contribution in [0.3, 0.4) is 0 Å². The molecule has 0 aliphatic rings. The molecule has 0 aliphatic carbocycles. The lowest BCUT2D eigenvalue weighted by molar-refractivity contribution is 0.523. The predicted octanol–water partition coefficient (Wildman–Crippen LogP) is 2.79. The van der Waals surface area contributed by atoms with Crippen LogP contribution < -0.4 is 10.9 Å². The molecule has 0 spiro atoms. The van der Waals surface area contributed by atoms with Gasteiger partial charge in [-0.1, -0.05) is 39.5 Å². The molecule has 1 heterocycles. The number of nitrogens with one attached hydrogen (secondary N) is 2. The van der Waals surface area contributed by atoms with Gasteiger partial charge in [0.05, 0.1) is 0 Å². The molecule has 0 aromatic carbocycles. The molecule has 0 atom stereocenters. The molecule has 4 heteroatoms. The van der Waals surface area contributed by atoms with Crippen molar-refractivity contribution in [3.8, 4) is 0 Å². The highest BCUT2D eigenvalue weighted by Crippen LogP contribution is 2.09. The summed E-state index contributed by atoms with van der Waals surface area (Å²) < 4.78 is 0. The Bertz CT molecular complexity index is 360. The van der Waals surface area contributed by atoms with E-state index in [1.807, 2.05) is 0 Å². The van der Waals surface area contributed by atoms with E-state index >= 15 is 0 Å². The quantitative estimate of drug-likeness (QED) is 0.683. The Balaban J connectivity index is 2.05. The summed E-state index contributed by atoms with van der Waals surface area (Å²) in [4.78, 5) is 17.9. The largest absolute Gasteiger partial charge is 0.365 e. The van der Waals surface area contributed by atoms with Crippen LogP contribution in [-0.4, -0.2) is 16.5 Å². The van der Waals surface area contributed by atoms with E-state index in [4.69, 9.17) is 0 Å². The van der Waals surface area contributed by atoms with Crippen molar-refractivity contribution in [2.24, 2.45) is 5.92 Å². The molecule has 96 valence electrons. The van der Waals surface area contributed by atoms with Gasteiger partial charge in [0.25, 0.3) is 5.56 Å². The average molecular weight is 237 g/mol. The van der Waals surface area contributed by atoms with Gasteiger partial charge < -0.3 is 10.3 Å². The van der Waals surface area contributed by atoms with E-state index in [0.717, 1.165) is 18.9 Å². The van der Waals surface area contributed by atoms with Crippen molar-refractivity contribution < 1.29 is 0 Å². The highest BCUT2D eigenvalue weighted by atomic mass is 16.1. The van der Waals surface area contributed by atoms with Gasteiger partial charge >= 0.3 is 0 Å². The number of unbranched alkanes of at least 4 members (excludes halogenated alkanes) is 3. The van der Waals surface area contributed by atoms with E-state index in [-0.39, 0.29) is 5.56 Å². The van der Waals surface area contributed by atoms with E-state index in [1.165, 1.54) is 25.7 Å². The van der Waals surface area contributed by atoms with Gasteiger partial charge in [-0.05, 0) is 12.3 Å². The summed E-state index contributed by atoms with van der Waals surface area (Å²) in [7, 11) is 0. The minimum absolute atomic E-state index is 0.146. The lowest BCUT2D eigenvalue weighted by Gasteiger charge is -2.05. The molecule has 1 rings (SSSR count). The van der Waals surface area contributed by atoms with Gasteiger partial charge in [0.15, 0.2) is 5.82 Å². The number of rotatable bonds is 8. The Morgan fingerprint density at radius 3 is 2.76 bits per heavy atom. The van der Waals surface area contributed by atoms with Crippen LogP contribution in [0.25, 0.3) is 0 Å². The molecule has 0 unspecified atom stereocenters. The fourth-order valence-corrected chi connectivity index (χ4v) is 1.72. The molecule has 0 saturated heterocycles. The average Bonchev–Trinajstić information content (AvgIpc) is 2.30. The number of aromatic amines is 1. The number of nitrogens with zero attached hydrogens (tertiary/aromatic N) is 1. The molecule has 17 heavy (non-hydrogen) atoms. The van der Waals surface area contributed by atoms with Crippen molar-refractivity contribution in [3.05, 3.63) is 22.7 Å². The second-order valence-electron chi connectivity index (χ2n) is 4.79. The summed E-state index contributed by atoms with van der Waals surface area (Å²) in [5.41, 5.74) is -0.146. The normalized spacial score (nSPS) is 10.8. The summed E-state index contributed by atoms with van der Waals surface area (Å²) in [5.74, 6) is 1.23. The molecule has 0 saturated carbocycles. The maximum Gasteiger partial charge on any atom is 0.290 e. The molecule has 0 radical (unpaired) electrons. The van der Waals surface area contributed by atoms with E-state index in [9.17, 15) is 4.79 Å². The van der Waals surface area contributed by atoms with Crippen molar-refractivity contribution >= 4 is 5.82 Å². The van der Waals surface area contributed by atoms with Crippen LogP contribution in [0.4, 0.5) is 5.82 Å². The number of hydrogen-bond donors (Lipinski definition) is 2. The van der Waals surface area contributed by atoms with Crippen LogP contribution >= 0.6 is 0 Å². The van der Waals surface area contributed by atoms with Gasteiger partial charge in [-0.2, -0.15) is 0 Å². The molecule has 0 amide bonds. The van der Waals surface area contributed by atoms with Gasteiger partial charge in [0.2, 0.25) is 0 Å². The SMILES string of the molecule is CC(C)CCCCCCNc1ncc[nH]c1=O. The van der Waals surface area contributed by atoms with Gasteiger partial charge in [-0.3, -0.25) is 4.79 Å². The Morgan fingerprint density at radius 1 is 1.29 bits per heavy atom. The standard InChI is InChI=1S/C13H23N3O/c1-11(2)7-5-3-4-6-8-14-12-13(17)16-10-9-15-12/h9-11H,3-8H2,1-2H3,(H,14,15)(H,16,17). The second-order valence-corrected chi connectivity index (χ2v) is 4.79. The van der Waals surface area contributed by atoms with Crippen molar-refractivity contribution in [3.63, 3.8) is 0 Å². The van der Waals surface area contributed by atoms with Gasteiger partial charge in [-0.15, -0.1) is 0 Å². The fourth-order valence-electron chi connectivity index (χ4n) is 1.72. The van der Waals surface area contributed by atoms with E-state index in [1.54, 1.807) is 12.4 Å². The lowest BCUT2D eigenvalue weighted by atomic mass is 10.0. The van der Waals surface area contributed by atoms with Crippen molar-refractivity contribution in [1.29, 1.82) is 0 Å². The highest BCUT2D eigenvalue weighted by Gasteiger charge is 1.98. The summed E-state index contributed by atoms with van der Waals surface area (Å²) in [6.45, 7) is 5.34. The summed E-state index contributed by atoms with van der Waals surface area (Å²) in [6, 6.07) is 0. The molecule has 2 N–H and O–H groups in total. The van der Waals surface area contributed by atoms with E-state index < -0.39 is 0 Å². The molecule has 0 aliphatic heterocycles. The minimum atomic E-state index is -0.146. The zero-order valence-corrected chi connectivity index (χ0v) is 10.8. The summed E-state index contributed by atoms with van der Waals surface area (Å²) in [6.07, 6.45) is 9.33. The molecular formula is C13H23N3O. The van der Waals surface area contributed by atoms with E-state index in [0.29, 0.717) is 5.82 Å². The van der Waals surface area contributed by atoms with Crippen LogP contribution in [0, 0.1) is 5.92 Å². The monoisotopic (exact) mass is 237 g/mol. The molecule has 1 aromatic heterocycles. The summed E-state index contributed by atoms with van der Waals surface area (Å²) >= 11 is 0. The molecule has 1 aromatic rings. The fraction of sp³-hybridized carbons (Fsp3) is 0.692. The third-order valence-electron chi connectivity index (χ3n) is 2.71.